The number of rotatable bonds is 8. The van der Waals surface area contributed by atoms with Crippen molar-refractivity contribution in [2.75, 3.05) is 10.0 Å². The Labute approximate surface area is 202 Å². The highest BCUT2D eigenvalue weighted by atomic mass is 32.2. The van der Waals surface area contributed by atoms with Crippen LogP contribution in [0.1, 0.15) is 46.3 Å². The summed E-state index contributed by atoms with van der Waals surface area (Å²) in [6.45, 7) is 1.66. The van der Waals surface area contributed by atoms with E-state index in [4.69, 9.17) is 5.73 Å². The minimum absolute atomic E-state index is 0.000354. The molecule has 3 aromatic rings. The number of carbonyl (C=O) groups excluding carboxylic acids is 1. The highest BCUT2D eigenvalue weighted by Gasteiger charge is 2.26. The third-order valence-electron chi connectivity index (χ3n) is 5.96. The van der Waals surface area contributed by atoms with Crippen LogP contribution < -0.4 is 15.8 Å². The fourth-order valence-electron chi connectivity index (χ4n) is 3.76. The van der Waals surface area contributed by atoms with Gasteiger partial charge in [-0.2, -0.15) is 0 Å². The van der Waals surface area contributed by atoms with E-state index in [0.29, 0.717) is 5.56 Å². The molecule has 1 saturated carbocycles. The number of aryl methyl sites for hydroxylation is 1. The molecule has 1 unspecified atom stereocenters. The number of nitrogens with one attached hydrogen (secondary N) is 2. The summed E-state index contributed by atoms with van der Waals surface area (Å²) in [4.78, 5) is 12.0. The molecule has 1 atom stereocenters. The average Bonchev–Trinajstić information content (AvgIpc) is 2.76. The topological polar surface area (TPSA) is 84.2 Å². The van der Waals surface area contributed by atoms with Crippen molar-refractivity contribution >= 4 is 34.0 Å². The number of hydrogen-bond acceptors (Lipinski definition) is 3. The standard InChI is InChI=1S/C25H23F4N3O2S/c1-13-8-9-19(18(26)10-13)31-24-17(25(30)33)12-15(22(28)23(24)29)11-14-4-2-7-20(21(14)27)32-35(34)16-5-3-6-16/h2,4,7-10,12,16,31-32H,3,5-6,11H2,1H3,(H2,30,33). The second-order valence-corrected chi connectivity index (χ2v) is 9.93. The van der Waals surface area contributed by atoms with E-state index < -0.39 is 57.8 Å². The highest BCUT2D eigenvalue weighted by Crippen LogP contribution is 2.32. The zero-order valence-corrected chi connectivity index (χ0v) is 19.6. The summed E-state index contributed by atoms with van der Waals surface area (Å²) >= 11 is 0. The van der Waals surface area contributed by atoms with Crippen LogP contribution in [0.4, 0.5) is 34.6 Å². The number of hydrogen-bond donors (Lipinski definition) is 3. The Morgan fingerprint density at radius 1 is 1.00 bits per heavy atom. The van der Waals surface area contributed by atoms with Gasteiger partial charge in [-0.1, -0.05) is 24.6 Å². The maximum Gasteiger partial charge on any atom is 0.250 e. The molecule has 3 aromatic carbocycles. The number of amides is 1. The second kappa shape index (κ2) is 10.1. The van der Waals surface area contributed by atoms with Gasteiger partial charge < -0.3 is 15.8 Å². The zero-order valence-electron chi connectivity index (χ0n) is 18.8. The first-order valence-electron chi connectivity index (χ1n) is 10.9. The Morgan fingerprint density at radius 3 is 2.37 bits per heavy atom. The van der Waals surface area contributed by atoms with Crippen LogP contribution in [-0.4, -0.2) is 15.4 Å². The van der Waals surface area contributed by atoms with Gasteiger partial charge in [0.25, 0.3) is 5.91 Å². The average molecular weight is 506 g/mol. The van der Waals surface area contributed by atoms with Crippen molar-refractivity contribution < 1.29 is 26.6 Å². The largest absolute Gasteiger partial charge is 0.366 e. The zero-order chi connectivity index (χ0) is 25.3. The minimum atomic E-state index is -1.46. The Balaban J connectivity index is 1.66. The monoisotopic (exact) mass is 505 g/mol. The highest BCUT2D eigenvalue weighted by molar-refractivity contribution is 7.87. The van der Waals surface area contributed by atoms with Crippen LogP contribution in [0.2, 0.25) is 0 Å². The van der Waals surface area contributed by atoms with Gasteiger partial charge >= 0.3 is 0 Å². The molecule has 35 heavy (non-hydrogen) atoms. The molecule has 1 fully saturated rings. The molecular formula is C25H23F4N3O2S. The molecule has 4 rings (SSSR count). The van der Waals surface area contributed by atoms with Gasteiger partial charge in [0.05, 0.1) is 27.9 Å². The van der Waals surface area contributed by atoms with Crippen LogP contribution in [0, 0.1) is 30.2 Å². The Morgan fingerprint density at radius 2 is 1.74 bits per heavy atom. The Kier molecular flexibility index (Phi) is 7.11. The first kappa shape index (κ1) is 24.7. The molecular weight excluding hydrogens is 482 g/mol. The van der Waals surface area contributed by atoms with E-state index in [-0.39, 0.29) is 27.8 Å². The van der Waals surface area contributed by atoms with E-state index >= 15 is 13.2 Å². The van der Waals surface area contributed by atoms with Crippen molar-refractivity contribution in [3.8, 4) is 0 Å². The summed E-state index contributed by atoms with van der Waals surface area (Å²) in [6.07, 6.45) is 2.14. The van der Waals surface area contributed by atoms with Crippen LogP contribution in [0.3, 0.4) is 0 Å². The minimum Gasteiger partial charge on any atom is -0.366 e. The van der Waals surface area contributed by atoms with E-state index in [1.807, 2.05) is 0 Å². The maximum atomic E-state index is 15.1. The summed E-state index contributed by atoms with van der Waals surface area (Å²) in [5.41, 5.74) is 4.46. The number of primary amides is 1. The van der Waals surface area contributed by atoms with Gasteiger partial charge in [0.1, 0.15) is 16.8 Å². The van der Waals surface area contributed by atoms with Crippen LogP contribution in [-0.2, 0) is 17.4 Å². The molecule has 10 heteroatoms. The van der Waals surface area contributed by atoms with Crippen LogP contribution in [0.5, 0.6) is 0 Å². The molecule has 1 amide bonds. The fourth-order valence-corrected chi connectivity index (χ4v) is 5.06. The van der Waals surface area contributed by atoms with Crippen molar-refractivity contribution in [3.63, 3.8) is 0 Å². The van der Waals surface area contributed by atoms with Gasteiger partial charge in [-0.15, -0.1) is 0 Å². The predicted octanol–water partition coefficient (Wildman–Crippen LogP) is 5.61. The predicted molar refractivity (Wildman–Crippen MR) is 128 cm³/mol. The molecule has 1 aliphatic carbocycles. The lowest BCUT2D eigenvalue weighted by molar-refractivity contribution is 0.100. The van der Waals surface area contributed by atoms with Crippen LogP contribution in [0.25, 0.3) is 0 Å². The van der Waals surface area contributed by atoms with E-state index in [9.17, 15) is 13.4 Å². The molecule has 0 spiro atoms. The lowest BCUT2D eigenvalue weighted by atomic mass is 9.99. The first-order chi connectivity index (χ1) is 16.7. The number of carbonyl (C=O) groups is 1. The van der Waals surface area contributed by atoms with E-state index in [2.05, 4.69) is 10.0 Å². The molecule has 0 radical (unpaired) electrons. The normalized spacial score (nSPS) is 14.3. The summed E-state index contributed by atoms with van der Waals surface area (Å²) in [7, 11) is -1.46. The molecule has 0 aromatic heterocycles. The summed E-state index contributed by atoms with van der Waals surface area (Å²) in [5, 5.41) is 2.35. The molecule has 5 nitrogen and oxygen atoms in total. The Hall–Kier alpha value is -3.40. The summed E-state index contributed by atoms with van der Waals surface area (Å²) < 4.78 is 74.4. The Bertz CT molecular complexity index is 1330. The van der Waals surface area contributed by atoms with Gasteiger partial charge in [-0.25, -0.2) is 21.8 Å². The van der Waals surface area contributed by atoms with Gasteiger partial charge in [0.2, 0.25) is 0 Å². The van der Waals surface area contributed by atoms with E-state index in [1.54, 1.807) is 13.0 Å². The fraction of sp³-hybridized carbons (Fsp3) is 0.240. The number of anilines is 3. The molecule has 0 saturated heterocycles. The van der Waals surface area contributed by atoms with Crippen LogP contribution >= 0.6 is 0 Å². The maximum absolute atomic E-state index is 15.1. The summed E-state index contributed by atoms with van der Waals surface area (Å²) in [5.74, 6) is -5.34. The third kappa shape index (κ3) is 5.17. The quantitative estimate of drug-likeness (QED) is 0.348. The van der Waals surface area contributed by atoms with E-state index in [1.165, 1.54) is 30.3 Å². The second-order valence-electron chi connectivity index (χ2n) is 8.47. The SMILES string of the molecule is Cc1ccc(Nc2c(C(N)=O)cc(Cc3cccc(NS(=O)C4CCC4)c3F)c(F)c2F)c(F)c1. The molecule has 184 valence electrons. The van der Waals surface area contributed by atoms with Gasteiger partial charge in [0.15, 0.2) is 17.5 Å². The third-order valence-corrected chi connectivity index (χ3v) is 7.45. The molecule has 0 heterocycles. The number of nitrogens with two attached hydrogens (primary N) is 1. The molecule has 0 bridgehead atoms. The van der Waals surface area contributed by atoms with Crippen molar-refractivity contribution in [2.24, 2.45) is 5.73 Å². The van der Waals surface area contributed by atoms with E-state index in [0.717, 1.165) is 25.3 Å². The van der Waals surface area contributed by atoms with Crippen molar-refractivity contribution in [1.82, 2.24) is 0 Å². The van der Waals surface area contributed by atoms with Gasteiger partial charge in [-0.3, -0.25) is 4.79 Å². The molecule has 4 N–H and O–H groups in total. The summed E-state index contributed by atoms with van der Waals surface area (Å²) in [6, 6.07) is 9.37. The lowest BCUT2D eigenvalue weighted by Gasteiger charge is -2.25. The van der Waals surface area contributed by atoms with Crippen LogP contribution in [0.15, 0.2) is 42.5 Å². The first-order valence-corrected chi connectivity index (χ1v) is 12.2. The molecule has 1 aliphatic rings. The number of benzene rings is 3. The van der Waals surface area contributed by atoms with Gasteiger partial charge in [0, 0.05) is 6.42 Å². The van der Waals surface area contributed by atoms with Crippen molar-refractivity contribution in [1.29, 1.82) is 0 Å². The lowest BCUT2D eigenvalue weighted by Crippen LogP contribution is -2.28. The number of halogens is 4. The van der Waals surface area contributed by atoms with Crippen molar-refractivity contribution in [2.45, 2.75) is 37.9 Å². The van der Waals surface area contributed by atoms with Crippen molar-refractivity contribution in [3.05, 3.63) is 88.0 Å². The van der Waals surface area contributed by atoms with Gasteiger partial charge in [-0.05, 0) is 60.7 Å². The smallest absolute Gasteiger partial charge is 0.250 e. The molecule has 0 aliphatic heterocycles.